The maximum absolute atomic E-state index is 8.68. The van der Waals surface area contributed by atoms with Gasteiger partial charge in [0.25, 0.3) is 0 Å². The second-order valence-electron chi connectivity index (χ2n) is 3.16. The minimum atomic E-state index is 0.0242. The first-order valence-electron chi connectivity index (χ1n) is 4.37. The van der Waals surface area contributed by atoms with Crippen LogP contribution in [-0.4, -0.2) is 32.5 Å². The second kappa shape index (κ2) is 3.21. The number of anilines is 2. The summed E-state index contributed by atoms with van der Waals surface area (Å²) in [5, 5.41) is 15.9. The van der Waals surface area contributed by atoms with Crippen LogP contribution in [0.5, 0.6) is 0 Å². The van der Waals surface area contributed by atoms with E-state index in [4.69, 9.17) is 10.8 Å². The van der Waals surface area contributed by atoms with Crippen LogP contribution < -0.4 is 11.1 Å². The van der Waals surface area contributed by atoms with E-state index in [9.17, 15) is 0 Å². The van der Waals surface area contributed by atoms with Gasteiger partial charge in [-0.2, -0.15) is 4.98 Å². The van der Waals surface area contributed by atoms with E-state index in [0.717, 1.165) is 0 Å². The Bertz CT molecular complexity index is 293. The summed E-state index contributed by atoms with van der Waals surface area (Å²) >= 11 is 0. The average Bonchev–Trinajstić information content (AvgIpc) is 2.81. The minimum Gasteiger partial charge on any atom is -0.394 e. The minimum absolute atomic E-state index is 0.0242. The van der Waals surface area contributed by atoms with Crippen molar-refractivity contribution in [1.82, 2.24) is 14.8 Å². The second-order valence-corrected chi connectivity index (χ2v) is 3.16. The van der Waals surface area contributed by atoms with Gasteiger partial charge in [-0.1, -0.05) is 0 Å². The van der Waals surface area contributed by atoms with Crippen molar-refractivity contribution in [3.05, 3.63) is 0 Å². The fourth-order valence-electron chi connectivity index (χ4n) is 1.08. The molecule has 0 spiro atoms. The van der Waals surface area contributed by atoms with Crippen LogP contribution in [0.1, 0.15) is 12.8 Å². The van der Waals surface area contributed by atoms with Crippen LogP contribution in [0.2, 0.25) is 0 Å². The molecule has 0 saturated heterocycles. The Labute approximate surface area is 75.8 Å². The van der Waals surface area contributed by atoms with E-state index in [-0.39, 0.29) is 6.61 Å². The number of hydrogen-bond donors (Lipinski definition) is 3. The van der Waals surface area contributed by atoms with Crippen molar-refractivity contribution >= 4 is 11.9 Å². The Hall–Kier alpha value is -1.30. The number of aliphatic hydroxyl groups is 1. The third kappa shape index (κ3) is 1.89. The molecule has 6 nitrogen and oxygen atoms in total. The van der Waals surface area contributed by atoms with Crippen LogP contribution in [0.3, 0.4) is 0 Å². The molecule has 72 valence electrons. The maximum atomic E-state index is 8.68. The fourth-order valence-corrected chi connectivity index (χ4v) is 1.08. The van der Waals surface area contributed by atoms with Crippen molar-refractivity contribution in [2.45, 2.75) is 25.4 Å². The number of nitrogens with two attached hydrogens (primary N) is 1. The predicted molar refractivity (Wildman–Crippen MR) is 48.2 cm³/mol. The number of aromatic nitrogens is 3. The molecule has 1 aliphatic carbocycles. The predicted octanol–water partition coefficient (Wildman–Crippen LogP) is -0.573. The first-order chi connectivity index (χ1) is 6.29. The van der Waals surface area contributed by atoms with Gasteiger partial charge >= 0.3 is 0 Å². The van der Waals surface area contributed by atoms with Crippen LogP contribution in [0.15, 0.2) is 0 Å². The number of rotatable bonds is 4. The van der Waals surface area contributed by atoms with E-state index in [0.29, 0.717) is 24.5 Å². The van der Waals surface area contributed by atoms with Gasteiger partial charge in [0, 0.05) is 6.04 Å². The van der Waals surface area contributed by atoms with Gasteiger partial charge in [0.1, 0.15) is 0 Å². The topological polar surface area (TPSA) is 89.0 Å². The molecule has 0 amide bonds. The van der Waals surface area contributed by atoms with Crippen LogP contribution in [0, 0.1) is 0 Å². The summed E-state index contributed by atoms with van der Waals surface area (Å²) in [6.45, 7) is 0.418. The highest BCUT2D eigenvalue weighted by atomic mass is 16.3. The van der Waals surface area contributed by atoms with Crippen LogP contribution >= 0.6 is 0 Å². The van der Waals surface area contributed by atoms with E-state index < -0.39 is 0 Å². The highest BCUT2D eigenvalue weighted by Crippen LogP contribution is 2.23. The summed E-state index contributed by atoms with van der Waals surface area (Å²) in [6.07, 6.45) is 2.35. The normalized spacial score (nSPS) is 16.1. The molecule has 0 radical (unpaired) electrons. The monoisotopic (exact) mass is 183 g/mol. The quantitative estimate of drug-likeness (QED) is 0.581. The molecular weight excluding hydrogens is 170 g/mol. The molecule has 1 heterocycles. The molecule has 1 saturated carbocycles. The molecular formula is C7H13N5O. The van der Waals surface area contributed by atoms with Gasteiger partial charge in [0.15, 0.2) is 0 Å². The van der Waals surface area contributed by atoms with Gasteiger partial charge in [0.2, 0.25) is 11.9 Å². The van der Waals surface area contributed by atoms with E-state index in [2.05, 4.69) is 15.4 Å². The fraction of sp³-hybridized carbons (Fsp3) is 0.714. The number of nitrogens with one attached hydrogen (secondary N) is 1. The zero-order chi connectivity index (χ0) is 9.26. The Balaban J connectivity index is 2.04. The molecule has 4 N–H and O–H groups in total. The van der Waals surface area contributed by atoms with Crippen LogP contribution in [0.25, 0.3) is 0 Å². The molecule has 0 bridgehead atoms. The van der Waals surface area contributed by atoms with Crippen molar-refractivity contribution in [2.24, 2.45) is 0 Å². The molecule has 1 fully saturated rings. The van der Waals surface area contributed by atoms with Crippen molar-refractivity contribution in [2.75, 3.05) is 17.7 Å². The Morgan fingerprint density at radius 3 is 3.00 bits per heavy atom. The summed E-state index contributed by atoms with van der Waals surface area (Å²) in [6, 6.07) is 0.518. The summed E-state index contributed by atoms with van der Waals surface area (Å²) < 4.78 is 1.49. The van der Waals surface area contributed by atoms with Gasteiger partial charge in [-0.25, -0.2) is 4.68 Å². The molecule has 13 heavy (non-hydrogen) atoms. The summed E-state index contributed by atoms with van der Waals surface area (Å²) in [7, 11) is 0. The van der Waals surface area contributed by atoms with Crippen molar-refractivity contribution in [1.29, 1.82) is 0 Å². The molecule has 2 rings (SSSR count). The van der Waals surface area contributed by atoms with Crippen LogP contribution in [-0.2, 0) is 6.54 Å². The van der Waals surface area contributed by atoms with Crippen molar-refractivity contribution < 1.29 is 5.11 Å². The van der Waals surface area contributed by atoms with Gasteiger partial charge in [-0.05, 0) is 12.8 Å². The molecule has 0 unspecified atom stereocenters. The molecule has 0 atom stereocenters. The van der Waals surface area contributed by atoms with E-state index in [1.165, 1.54) is 17.5 Å². The molecule has 1 aromatic rings. The van der Waals surface area contributed by atoms with Gasteiger partial charge in [-0.3, -0.25) is 0 Å². The maximum Gasteiger partial charge on any atom is 0.244 e. The van der Waals surface area contributed by atoms with Gasteiger partial charge in [0.05, 0.1) is 13.2 Å². The highest BCUT2D eigenvalue weighted by Gasteiger charge is 2.22. The van der Waals surface area contributed by atoms with Crippen LogP contribution in [0.4, 0.5) is 11.9 Å². The number of nitrogen functional groups attached to an aromatic ring is 1. The third-order valence-corrected chi connectivity index (χ3v) is 1.92. The molecule has 0 aliphatic heterocycles. The number of hydrogen-bond acceptors (Lipinski definition) is 5. The zero-order valence-electron chi connectivity index (χ0n) is 7.27. The molecule has 1 aliphatic rings. The SMILES string of the molecule is Nc1nc(NC2CC2)nn1CCO. The Morgan fingerprint density at radius 2 is 2.38 bits per heavy atom. The molecule has 0 aromatic carbocycles. The Kier molecular flexibility index (Phi) is 2.05. The van der Waals surface area contributed by atoms with E-state index in [1.807, 2.05) is 0 Å². The Morgan fingerprint density at radius 1 is 1.62 bits per heavy atom. The summed E-state index contributed by atoms with van der Waals surface area (Å²) in [5.74, 6) is 0.908. The standard InChI is InChI=1S/C7H13N5O/c8-6-10-7(9-5-1-2-5)11-12(6)3-4-13/h5,13H,1-4H2,(H3,8,9,10,11). The van der Waals surface area contributed by atoms with E-state index >= 15 is 0 Å². The van der Waals surface area contributed by atoms with Gasteiger partial charge in [-0.15, -0.1) is 5.10 Å². The smallest absolute Gasteiger partial charge is 0.244 e. The lowest BCUT2D eigenvalue weighted by Crippen LogP contribution is -2.08. The molecule has 1 aromatic heterocycles. The average molecular weight is 183 g/mol. The zero-order valence-corrected chi connectivity index (χ0v) is 7.27. The van der Waals surface area contributed by atoms with Crippen molar-refractivity contribution in [3.8, 4) is 0 Å². The first kappa shape index (κ1) is 8.31. The first-order valence-corrected chi connectivity index (χ1v) is 4.37. The summed E-state index contributed by atoms with van der Waals surface area (Å²) in [5.41, 5.74) is 5.56. The van der Waals surface area contributed by atoms with E-state index in [1.54, 1.807) is 0 Å². The molecule has 6 heteroatoms. The van der Waals surface area contributed by atoms with Crippen molar-refractivity contribution in [3.63, 3.8) is 0 Å². The third-order valence-electron chi connectivity index (χ3n) is 1.92. The lowest BCUT2D eigenvalue weighted by molar-refractivity contribution is 0.270. The summed E-state index contributed by atoms with van der Waals surface area (Å²) in [4.78, 5) is 4.02. The lowest BCUT2D eigenvalue weighted by atomic mass is 10.7. The number of aliphatic hydroxyl groups excluding tert-OH is 1. The largest absolute Gasteiger partial charge is 0.394 e. The number of nitrogens with zero attached hydrogens (tertiary/aromatic N) is 3. The van der Waals surface area contributed by atoms with Gasteiger partial charge < -0.3 is 16.2 Å². The lowest BCUT2D eigenvalue weighted by Gasteiger charge is -1.97. The highest BCUT2D eigenvalue weighted by molar-refractivity contribution is 5.33.